The summed E-state index contributed by atoms with van der Waals surface area (Å²) in [5, 5.41) is 2.76. The zero-order valence-corrected chi connectivity index (χ0v) is 11.7. The highest BCUT2D eigenvalue weighted by Gasteiger charge is 2.44. The van der Waals surface area contributed by atoms with E-state index in [1.165, 1.54) is 0 Å². The van der Waals surface area contributed by atoms with Crippen LogP contribution in [0.25, 0.3) is 0 Å². The number of amides is 2. The van der Waals surface area contributed by atoms with Crippen LogP contribution in [0.5, 0.6) is 0 Å². The first-order chi connectivity index (χ1) is 7.64. The maximum absolute atomic E-state index is 12.2. The van der Waals surface area contributed by atoms with E-state index in [9.17, 15) is 9.59 Å². The molecule has 0 aromatic carbocycles. The molecule has 0 spiro atoms. The summed E-state index contributed by atoms with van der Waals surface area (Å²) >= 11 is 0. The van der Waals surface area contributed by atoms with Gasteiger partial charge < -0.3 is 10.2 Å². The second kappa shape index (κ2) is 4.67. The molecule has 0 saturated carbocycles. The molecule has 2 atom stereocenters. The second-order valence-corrected chi connectivity index (χ2v) is 6.38. The molecule has 1 rings (SSSR count). The highest BCUT2D eigenvalue weighted by Crippen LogP contribution is 2.28. The summed E-state index contributed by atoms with van der Waals surface area (Å²) in [4.78, 5) is 26.0. The number of nitrogens with zero attached hydrogens (tertiary/aromatic N) is 1. The van der Waals surface area contributed by atoms with Crippen molar-refractivity contribution in [2.75, 3.05) is 6.54 Å². The Kier molecular flexibility index (Phi) is 3.84. The molecule has 1 heterocycles. The largest absolute Gasteiger partial charge is 0.343 e. The van der Waals surface area contributed by atoms with E-state index < -0.39 is 6.04 Å². The Balaban J connectivity index is 3.04. The summed E-state index contributed by atoms with van der Waals surface area (Å²) in [6.07, 6.45) is 0. The van der Waals surface area contributed by atoms with Gasteiger partial charge in [-0.3, -0.25) is 9.59 Å². The quantitative estimate of drug-likeness (QED) is 0.793. The normalized spacial score (nSPS) is 26.4. The van der Waals surface area contributed by atoms with Gasteiger partial charge in [0.25, 0.3) is 0 Å². The minimum Gasteiger partial charge on any atom is -0.343 e. The van der Waals surface area contributed by atoms with Crippen LogP contribution in [0.4, 0.5) is 0 Å². The molecule has 0 aromatic rings. The molecule has 1 aliphatic heterocycles. The minimum atomic E-state index is -0.403. The summed E-state index contributed by atoms with van der Waals surface area (Å²) in [6, 6.07) is -0.770. The first-order valence-electron chi connectivity index (χ1n) is 6.25. The van der Waals surface area contributed by atoms with Crippen molar-refractivity contribution in [3.05, 3.63) is 0 Å². The molecule has 0 aromatic heterocycles. The van der Waals surface area contributed by atoms with Crippen LogP contribution in [0.1, 0.15) is 41.5 Å². The van der Waals surface area contributed by atoms with Gasteiger partial charge in [0.15, 0.2) is 0 Å². The molecule has 2 unspecified atom stereocenters. The Morgan fingerprint density at radius 1 is 1.29 bits per heavy atom. The van der Waals surface area contributed by atoms with Crippen molar-refractivity contribution < 1.29 is 9.59 Å². The Labute approximate surface area is 104 Å². The van der Waals surface area contributed by atoms with Crippen molar-refractivity contribution in [2.45, 2.75) is 53.6 Å². The van der Waals surface area contributed by atoms with E-state index in [0.29, 0.717) is 12.5 Å². The molecule has 0 radical (unpaired) electrons. The molecule has 17 heavy (non-hydrogen) atoms. The summed E-state index contributed by atoms with van der Waals surface area (Å²) in [5.74, 6) is 0.352. The predicted molar refractivity (Wildman–Crippen MR) is 67.4 cm³/mol. The molecule has 0 aliphatic carbocycles. The van der Waals surface area contributed by atoms with Crippen LogP contribution in [0, 0.1) is 11.3 Å². The molecular formula is C13H24N2O2. The topological polar surface area (TPSA) is 49.4 Å². The van der Waals surface area contributed by atoms with Gasteiger partial charge in [0, 0.05) is 6.54 Å². The van der Waals surface area contributed by atoms with Gasteiger partial charge in [0.2, 0.25) is 11.8 Å². The number of carbonyl (C=O) groups is 2. The summed E-state index contributed by atoms with van der Waals surface area (Å²) in [7, 11) is 0. The van der Waals surface area contributed by atoms with Crippen LogP contribution < -0.4 is 5.32 Å². The number of hydrogen-bond donors (Lipinski definition) is 1. The third-order valence-corrected chi connectivity index (χ3v) is 2.95. The van der Waals surface area contributed by atoms with Crippen molar-refractivity contribution in [2.24, 2.45) is 11.3 Å². The van der Waals surface area contributed by atoms with Crippen LogP contribution >= 0.6 is 0 Å². The van der Waals surface area contributed by atoms with Gasteiger partial charge in [-0.25, -0.2) is 0 Å². The van der Waals surface area contributed by atoms with Gasteiger partial charge in [-0.1, -0.05) is 34.6 Å². The number of rotatable bonds is 2. The fourth-order valence-corrected chi connectivity index (χ4v) is 2.32. The molecule has 4 heteroatoms. The molecule has 1 N–H and O–H groups in total. The number of hydrogen-bond acceptors (Lipinski definition) is 2. The molecule has 98 valence electrons. The number of piperazine rings is 1. The van der Waals surface area contributed by atoms with Crippen molar-refractivity contribution in [1.82, 2.24) is 10.2 Å². The van der Waals surface area contributed by atoms with Gasteiger partial charge >= 0.3 is 0 Å². The van der Waals surface area contributed by atoms with Crippen LogP contribution in [-0.2, 0) is 9.59 Å². The van der Waals surface area contributed by atoms with Gasteiger partial charge in [-0.05, 0) is 18.3 Å². The smallest absolute Gasteiger partial charge is 0.245 e. The third kappa shape index (κ3) is 2.99. The Morgan fingerprint density at radius 3 is 2.24 bits per heavy atom. The SMILES string of the molecule is CC(C)CN1C(=O)C(C)NC(=O)C1C(C)(C)C. The zero-order valence-electron chi connectivity index (χ0n) is 11.7. The Morgan fingerprint density at radius 2 is 1.82 bits per heavy atom. The van der Waals surface area contributed by atoms with E-state index in [0.717, 1.165) is 0 Å². The summed E-state index contributed by atoms with van der Waals surface area (Å²) < 4.78 is 0. The predicted octanol–water partition coefficient (Wildman–Crippen LogP) is 1.40. The fourth-order valence-electron chi connectivity index (χ4n) is 2.32. The molecular weight excluding hydrogens is 216 g/mol. The average molecular weight is 240 g/mol. The summed E-state index contributed by atoms with van der Waals surface area (Å²) in [6.45, 7) is 12.5. The second-order valence-electron chi connectivity index (χ2n) is 6.38. The van der Waals surface area contributed by atoms with E-state index in [4.69, 9.17) is 0 Å². The lowest BCUT2D eigenvalue weighted by molar-refractivity contribution is -0.153. The first-order valence-corrected chi connectivity index (χ1v) is 6.25. The van der Waals surface area contributed by atoms with Crippen molar-refractivity contribution in [3.63, 3.8) is 0 Å². The van der Waals surface area contributed by atoms with E-state index in [2.05, 4.69) is 19.2 Å². The lowest BCUT2D eigenvalue weighted by Gasteiger charge is -2.44. The van der Waals surface area contributed by atoms with E-state index in [-0.39, 0.29) is 23.3 Å². The third-order valence-electron chi connectivity index (χ3n) is 2.95. The zero-order chi connectivity index (χ0) is 13.4. The van der Waals surface area contributed by atoms with Crippen molar-refractivity contribution in [1.29, 1.82) is 0 Å². The minimum absolute atomic E-state index is 0.0261. The molecule has 1 fully saturated rings. The van der Waals surface area contributed by atoms with E-state index >= 15 is 0 Å². The van der Waals surface area contributed by atoms with Crippen LogP contribution in [0.2, 0.25) is 0 Å². The molecule has 2 amide bonds. The molecule has 0 bridgehead atoms. The number of carbonyl (C=O) groups excluding carboxylic acids is 2. The van der Waals surface area contributed by atoms with Gasteiger partial charge in [0.05, 0.1) is 0 Å². The Bertz CT molecular complexity index is 318. The number of nitrogens with one attached hydrogen (secondary N) is 1. The first kappa shape index (κ1) is 14.0. The van der Waals surface area contributed by atoms with Crippen molar-refractivity contribution >= 4 is 11.8 Å². The highest BCUT2D eigenvalue weighted by molar-refractivity contribution is 5.97. The maximum atomic E-state index is 12.2. The highest BCUT2D eigenvalue weighted by atomic mass is 16.2. The van der Waals surface area contributed by atoms with Crippen LogP contribution in [-0.4, -0.2) is 35.3 Å². The lowest BCUT2D eigenvalue weighted by atomic mass is 9.83. The molecule has 1 aliphatic rings. The van der Waals surface area contributed by atoms with Crippen LogP contribution in [0.3, 0.4) is 0 Å². The summed E-state index contributed by atoms with van der Waals surface area (Å²) in [5.41, 5.74) is -0.241. The van der Waals surface area contributed by atoms with Crippen molar-refractivity contribution in [3.8, 4) is 0 Å². The fraction of sp³-hybridized carbons (Fsp3) is 0.846. The van der Waals surface area contributed by atoms with E-state index in [1.807, 2.05) is 20.8 Å². The monoisotopic (exact) mass is 240 g/mol. The molecule has 1 saturated heterocycles. The van der Waals surface area contributed by atoms with Gasteiger partial charge in [0.1, 0.15) is 12.1 Å². The standard InChI is InChI=1S/C13H24N2O2/c1-8(2)7-15-10(13(4,5)6)11(16)14-9(3)12(15)17/h8-10H,7H2,1-6H3,(H,14,16). The van der Waals surface area contributed by atoms with Crippen LogP contribution in [0.15, 0.2) is 0 Å². The maximum Gasteiger partial charge on any atom is 0.245 e. The average Bonchev–Trinajstić information content (AvgIpc) is 2.10. The lowest BCUT2D eigenvalue weighted by Crippen LogP contribution is -2.66. The van der Waals surface area contributed by atoms with Gasteiger partial charge in [-0.2, -0.15) is 0 Å². The van der Waals surface area contributed by atoms with Gasteiger partial charge in [-0.15, -0.1) is 0 Å². The molecule has 4 nitrogen and oxygen atoms in total. The Hall–Kier alpha value is -1.06. The van der Waals surface area contributed by atoms with E-state index in [1.54, 1.807) is 11.8 Å².